The largest absolute Gasteiger partial charge is 0.493 e. The van der Waals surface area contributed by atoms with Crippen molar-refractivity contribution in [2.45, 2.75) is 64.2 Å². The van der Waals surface area contributed by atoms with Gasteiger partial charge in [0.05, 0.1) is 22.7 Å². The van der Waals surface area contributed by atoms with Crippen molar-refractivity contribution in [1.82, 2.24) is 19.4 Å². The number of likely N-dealkylation sites (tertiary alicyclic amines) is 1. The number of carbonyl (C=O) groups excluding carboxylic acids is 2. The van der Waals surface area contributed by atoms with Gasteiger partial charge in [-0.05, 0) is 67.7 Å². The number of rotatable bonds is 3. The lowest BCUT2D eigenvalue weighted by atomic mass is 9.73. The molecule has 1 aromatic heterocycles. The Bertz CT molecular complexity index is 1350. The fourth-order valence-electron chi connectivity index (χ4n) is 6.44. The van der Waals surface area contributed by atoms with Crippen LogP contribution in [0.4, 0.5) is 0 Å². The van der Waals surface area contributed by atoms with E-state index in [0.29, 0.717) is 37.3 Å². The van der Waals surface area contributed by atoms with Gasteiger partial charge in [-0.1, -0.05) is 42.3 Å². The van der Waals surface area contributed by atoms with E-state index in [0.717, 1.165) is 80.8 Å². The van der Waals surface area contributed by atoms with Gasteiger partial charge in [0.15, 0.2) is 0 Å². The first-order chi connectivity index (χ1) is 19.3. The lowest BCUT2D eigenvalue weighted by molar-refractivity contribution is -0.136. The van der Waals surface area contributed by atoms with Crippen molar-refractivity contribution in [3.05, 3.63) is 58.9 Å². The number of fused-ring (bicyclic) bond motifs is 2. The zero-order valence-electron chi connectivity index (χ0n) is 23.8. The number of amides is 2. The highest BCUT2D eigenvalue weighted by Gasteiger charge is 2.37. The fraction of sp³-hybridized carbons (Fsp3) is 0.531. The molecule has 214 valence electrons. The molecule has 0 saturated carbocycles. The van der Waals surface area contributed by atoms with E-state index in [4.69, 9.17) is 21.3 Å². The minimum Gasteiger partial charge on any atom is -0.493 e. The summed E-state index contributed by atoms with van der Waals surface area (Å²) in [6.07, 6.45) is 8.33. The summed E-state index contributed by atoms with van der Waals surface area (Å²) in [6, 6.07) is 14.0. The van der Waals surface area contributed by atoms with E-state index in [1.807, 2.05) is 58.8 Å². The van der Waals surface area contributed by atoms with Crippen LogP contribution in [-0.2, 0) is 29.5 Å². The number of carbonyl (C=O) groups is 2. The summed E-state index contributed by atoms with van der Waals surface area (Å²) in [6.45, 7) is 2.80. The molecule has 1 fully saturated rings. The molecule has 0 unspecified atom stereocenters. The summed E-state index contributed by atoms with van der Waals surface area (Å²) in [7, 11) is 3.90. The molecule has 0 aliphatic carbocycles. The number of benzene rings is 2. The van der Waals surface area contributed by atoms with Crippen LogP contribution in [0.3, 0.4) is 0 Å². The maximum Gasteiger partial charge on any atom is 0.223 e. The Morgan fingerprint density at radius 3 is 2.60 bits per heavy atom. The highest BCUT2D eigenvalue weighted by molar-refractivity contribution is 6.35. The summed E-state index contributed by atoms with van der Waals surface area (Å²) in [5.74, 6) is 2.18. The number of aromatic nitrogens is 2. The molecule has 1 saturated heterocycles. The van der Waals surface area contributed by atoms with Crippen LogP contribution in [0.5, 0.6) is 5.75 Å². The third-order valence-electron chi connectivity index (χ3n) is 8.84. The minimum atomic E-state index is 0.0511. The van der Waals surface area contributed by atoms with E-state index in [9.17, 15) is 9.59 Å². The van der Waals surface area contributed by atoms with Gasteiger partial charge in [-0.25, -0.2) is 4.98 Å². The molecular formula is C32H41ClN4O3. The second-order valence-corrected chi connectivity index (χ2v) is 12.0. The average Bonchev–Trinajstić information content (AvgIpc) is 3.28. The van der Waals surface area contributed by atoms with Gasteiger partial charge >= 0.3 is 0 Å². The van der Waals surface area contributed by atoms with E-state index in [-0.39, 0.29) is 17.2 Å². The van der Waals surface area contributed by atoms with E-state index in [1.165, 1.54) is 5.56 Å². The summed E-state index contributed by atoms with van der Waals surface area (Å²) in [4.78, 5) is 34.8. The van der Waals surface area contributed by atoms with Crippen molar-refractivity contribution >= 4 is 34.4 Å². The van der Waals surface area contributed by atoms with Crippen LogP contribution < -0.4 is 4.74 Å². The molecule has 0 N–H and O–H groups in total. The smallest absolute Gasteiger partial charge is 0.223 e. The van der Waals surface area contributed by atoms with Crippen LogP contribution in [0.2, 0.25) is 5.02 Å². The zero-order valence-corrected chi connectivity index (χ0v) is 24.6. The third-order valence-corrected chi connectivity index (χ3v) is 9.15. The van der Waals surface area contributed by atoms with Crippen LogP contribution in [0.25, 0.3) is 11.0 Å². The monoisotopic (exact) mass is 564 g/mol. The van der Waals surface area contributed by atoms with Crippen LogP contribution in [0.15, 0.2) is 42.5 Å². The Balaban J connectivity index is 1.20. The Morgan fingerprint density at radius 1 is 1.00 bits per heavy atom. The Kier molecular flexibility index (Phi) is 8.99. The summed E-state index contributed by atoms with van der Waals surface area (Å²) in [5, 5.41) is 0.676. The van der Waals surface area contributed by atoms with Crippen LogP contribution >= 0.6 is 11.6 Å². The Labute approximate surface area is 242 Å². The molecule has 0 radical (unpaired) electrons. The second-order valence-electron chi connectivity index (χ2n) is 11.6. The Morgan fingerprint density at radius 2 is 1.80 bits per heavy atom. The molecule has 7 nitrogen and oxygen atoms in total. The van der Waals surface area contributed by atoms with E-state index in [2.05, 4.69) is 12.1 Å². The highest BCUT2D eigenvalue weighted by atomic mass is 35.5. The second kappa shape index (κ2) is 12.6. The molecule has 40 heavy (non-hydrogen) atoms. The van der Waals surface area contributed by atoms with Gasteiger partial charge < -0.3 is 19.1 Å². The molecular weight excluding hydrogens is 524 g/mol. The molecule has 3 aromatic rings. The number of hydrogen-bond donors (Lipinski definition) is 0. The summed E-state index contributed by atoms with van der Waals surface area (Å²) < 4.78 is 8.02. The van der Waals surface area contributed by atoms with Crippen molar-refractivity contribution in [1.29, 1.82) is 0 Å². The molecule has 5 rings (SSSR count). The first-order valence-electron chi connectivity index (χ1n) is 14.7. The standard InChI is InChI=1S/C32H41ClN4O3/c1-35-23-32(17-6-5-10-24-9-3-4-13-27(24)40-22-8-14-29(35)38)18-20-37(21-19-32)30(39)16-15-28-34-26-12-7-11-25(33)31(26)36(28)2/h3-4,7,9,11-13H,5-6,8,10,14-23H2,1-2H3. The summed E-state index contributed by atoms with van der Waals surface area (Å²) >= 11 is 6.38. The molecule has 2 aromatic carbocycles. The van der Waals surface area contributed by atoms with Gasteiger partial charge in [-0.3, -0.25) is 9.59 Å². The number of piperidine rings is 1. The number of aryl methyl sites for hydroxylation is 3. The molecule has 2 aliphatic heterocycles. The summed E-state index contributed by atoms with van der Waals surface area (Å²) in [5.41, 5.74) is 3.08. The van der Waals surface area contributed by atoms with E-state index in [1.54, 1.807) is 0 Å². The van der Waals surface area contributed by atoms with Crippen molar-refractivity contribution in [2.24, 2.45) is 12.5 Å². The van der Waals surface area contributed by atoms with Crippen LogP contribution in [-0.4, -0.2) is 64.5 Å². The van der Waals surface area contributed by atoms with Gasteiger partial charge in [0.1, 0.15) is 11.6 Å². The molecule has 1 spiro atoms. The normalized spacial score (nSPS) is 18.8. The van der Waals surface area contributed by atoms with Crippen molar-refractivity contribution in [3.8, 4) is 5.75 Å². The van der Waals surface area contributed by atoms with Crippen molar-refractivity contribution in [3.63, 3.8) is 0 Å². The number of para-hydroxylation sites is 2. The quantitative estimate of drug-likeness (QED) is 0.402. The number of nitrogens with zero attached hydrogens (tertiary/aromatic N) is 4. The van der Waals surface area contributed by atoms with Gasteiger partial charge in [-0.2, -0.15) is 0 Å². The SMILES string of the molecule is CN1CC2(CCCCc3ccccc3OCCCC1=O)CCN(C(=O)CCc1nc3cccc(Cl)c3n1C)CC2. The predicted molar refractivity (Wildman–Crippen MR) is 159 cm³/mol. The molecule has 8 heteroatoms. The van der Waals surface area contributed by atoms with Gasteiger partial charge in [0.2, 0.25) is 11.8 Å². The van der Waals surface area contributed by atoms with E-state index >= 15 is 0 Å². The van der Waals surface area contributed by atoms with Crippen molar-refractivity contribution < 1.29 is 14.3 Å². The fourth-order valence-corrected chi connectivity index (χ4v) is 6.74. The van der Waals surface area contributed by atoms with Gasteiger partial charge in [0, 0.05) is 53.0 Å². The number of imidazole rings is 1. The van der Waals surface area contributed by atoms with E-state index < -0.39 is 0 Å². The predicted octanol–water partition coefficient (Wildman–Crippen LogP) is 5.81. The maximum atomic E-state index is 13.2. The lowest BCUT2D eigenvalue weighted by Crippen LogP contribution is -2.48. The first-order valence-corrected chi connectivity index (χ1v) is 15.1. The molecule has 2 aliphatic rings. The maximum absolute atomic E-state index is 13.2. The molecule has 0 bridgehead atoms. The van der Waals surface area contributed by atoms with Crippen LogP contribution in [0.1, 0.15) is 62.8 Å². The molecule has 3 heterocycles. The Hall–Kier alpha value is -3.06. The van der Waals surface area contributed by atoms with Crippen LogP contribution in [0, 0.1) is 5.41 Å². The van der Waals surface area contributed by atoms with Crippen molar-refractivity contribution in [2.75, 3.05) is 33.3 Å². The topological polar surface area (TPSA) is 67.7 Å². The average molecular weight is 565 g/mol. The number of ether oxygens (including phenoxy) is 1. The number of halogens is 1. The molecule has 2 amide bonds. The lowest BCUT2D eigenvalue weighted by Gasteiger charge is -2.44. The highest BCUT2D eigenvalue weighted by Crippen LogP contribution is 2.38. The molecule has 0 atom stereocenters. The van der Waals surface area contributed by atoms with Gasteiger partial charge in [0.25, 0.3) is 0 Å². The minimum absolute atomic E-state index is 0.0511. The first kappa shape index (κ1) is 28.5. The zero-order chi connectivity index (χ0) is 28.1. The number of hydrogen-bond acceptors (Lipinski definition) is 4. The third kappa shape index (κ3) is 6.46. The van der Waals surface area contributed by atoms with Gasteiger partial charge in [-0.15, -0.1) is 0 Å².